The Labute approximate surface area is 185 Å². The summed E-state index contributed by atoms with van der Waals surface area (Å²) in [5.74, 6) is 0.532. The van der Waals surface area contributed by atoms with E-state index < -0.39 is 15.5 Å². The third kappa shape index (κ3) is 6.92. The maximum absolute atomic E-state index is 12.6. The van der Waals surface area contributed by atoms with E-state index in [9.17, 15) is 21.6 Å². The molecule has 0 unspecified atom stereocenters. The van der Waals surface area contributed by atoms with Crippen molar-refractivity contribution in [3.05, 3.63) is 34.9 Å². The Morgan fingerprint density at radius 3 is 2.32 bits per heavy atom. The molecule has 0 atom stereocenters. The highest BCUT2D eigenvalue weighted by molar-refractivity contribution is 14.0. The van der Waals surface area contributed by atoms with Crippen LogP contribution < -0.4 is 10.6 Å². The predicted octanol–water partition coefficient (Wildman–Crippen LogP) is 3.33. The SMILES string of the molecule is CCNC(=NCc1ccc(Cl)cc1)NC1CCN(S(=O)(=O)C(F)(F)F)CC1.I. The Kier molecular flexibility index (Phi) is 9.77. The van der Waals surface area contributed by atoms with E-state index in [4.69, 9.17) is 11.6 Å². The second-order valence-corrected chi connectivity index (χ2v) is 8.46. The summed E-state index contributed by atoms with van der Waals surface area (Å²) in [4.78, 5) is 4.45. The van der Waals surface area contributed by atoms with Gasteiger partial charge in [-0.25, -0.2) is 13.4 Å². The first-order valence-corrected chi connectivity index (χ1v) is 10.3. The Hall–Kier alpha value is -0.790. The predicted molar refractivity (Wildman–Crippen MR) is 114 cm³/mol. The highest BCUT2D eigenvalue weighted by atomic mass is 127. The number of piperidine rings is 1. The average Bonchev–Trinajstić information content (AvgIpc) is 2.61. The van der Waals surface area contributed by atoms with Crippen molar-refractivity contribution in [2.75, 3.05) is 19.6 Å². The topological polar surface area (TPSA) is 73.8 Å². The molecule has 28 heavy (non-hydrogen) atoms. The van der Waals surface area contributed by atoms with Crippen LogP contribution in [0, 0.1) is 0 Å². The van der Waals surface area contributed by atoms with Gasteiger partial charge in [-0.1, -0.05) is 23.7 Å². The van der Waals surface area contributed by atoms with E-state index in [0.29, 0.717) is 28.4 Å². The fourth-order valence-corrected chi connectivity index (χ4v) is 3.77. The number of guanidine groups is 1. The molecule has 1 aliphatic rings. The molecule has 0 saturated carbocycles. The number of rotatable bonds is 5. The molecule has 1 heterocycles. The molecule has 1 saturated heterocycles. The van der Waals surface area contributed by atoms with Crippen molar-refractivity contribution >= 4 is 51.6 Å². The second-order valence-electron chi connectivity index (χ2n) is 6.09. The highest BCUT2D eigenvalue weighted by Gasteiger charge is 2.50. The van der Waals surface area contributed by atoms with Gasteiger partial charge in [-0.15, -0.1) is 24.0 Å². The van der Waals surface area contributed by atoms with E-state index in [1.165, 1.54) is 0 Å². The zero-order valence-corrected chi connectivity index (χ0v) is 19.1. The standard InChI is InChI=1S/C16H22ClF3N4O2S.HI/c1-2-21-15(22-11-12-3-5-13(17)6-4-12)23-14-7-9-24(10-8-14)27(25,26)16(18,19)20;/h3-6,14H,2,7-11H2,1H3,(H2,21,22,23);1H. The van der Waals surface area contributed by atoms with E-state index in [0.717, 1.165) is 5.56 Å². The Morgan fingerprint density at radius 1 is 1.25 bits per heavy atom. The Balaban J connectivity index is 0.00000392. The molecule has 1 aliphatic heterocycles. The zero-order chi connectivity index (χ0) is 20.1. The Bertz CT molecular complexity index is 752. The molecule has 0 spiro atoms. The Morgan fingerprint density at radius 2 is 1.82 bits per heavy atom. The molecule has 0 aliphatic carbocycles. The van der Waals surface area contributed by atoms with Gasteiger partial charge in [0.1, 0.15) is 0 Å². The first-order valence-electron chi connectivity index (χ1n) is 8.49. The summed E-state index contributed by atoms with van der Waals surface area (Å²) in [7, 11) is -5.26. The van der Waals surface area contributed by atoms with Gasteiger partial charge >= 0.3 is 15.5 Å². The number of hydrogen-bond acceptors (Lipinski definition) is 3. The average molecular weight is 555 g/mol. The molecule has 1 fully saturated rings. The van der Waals surface area contributed by atoms with Gasteiger partial charge in [0.15, 0.2) is 5.96 Å². The number of nitrogens with one attached hydrogen (secondary N) is 2. The number of hydrogen-bond donors (Lipinski definition) is 2. The first-order chi connectivity index (χ1) is 12.6. The minimum absolute atomic E-state index is 0. The van der Waals surface area contributed by atoms with Crippen LogP contribution >= 0.6 is 35.6 Å². The summed E-state index contributed by atoms with van der Waals surface area (Å²) in [5.41, 5.74) is -4.30. The van der Waals surface area contributed by atoms with E-state index in [1.54, 1.807) is 12.1 Å². The molecule has 160 valence electrons. The molecule has 0 bridgehead atoms. The van der Waals surface area contributed by atoms with Crippen LogP contribution in [0.3, 0.4) is 0 Å². The van der Waals surface area contributed by atoms with Crippen molar-refractivity contribution in [1.29, 1.82) is 0 Å². The van der Waals surface area contributed by atoms with Crippen molar-refractivity contribution in [2.24, 2.45) is 4.99 Å². The fourth-order valence-electron chi connectivity index (χ4n) is 2.66. The molecule has 0 radical (unpaired) electrons. The van der Waals surface area contributed by atoms with Crippen LogP contribution in [0.4, 0.5) is 13.2 Å². The van der Waals surface area contributed by atoms with Crippen LogP contribution in [-0.4, -0.2) is 49.9 Å². The minimum atomic E-state index is -5.26. The molecule has 12 heteroatoms. The zero-order valence-electron chi connectivity index (χ0n) is 15.2. The van der Waals surface area contributed by atoms with Gasteiger partial charge in [0.2, 0.25) is 0 Å². The van der Waals surface area contributed by atoms with E-state index in [2.05, 4.69) is 15.6 Å². The van der Waals surface area contributed by atoms with Crippen LogP contribution in [-0.2, 0) is 16.6 Å². The normalized spacial score (nSPS) is 17.1. The summed E-state index contributed by atoms with van der Waals surface area (Å²) >= 11 is 5.85. The minimum Gasteiger partial charge on any atom is -0.357 e. The van der Waals surface area contributed by atoms with Gasteiger partial charge in [-0.2, -0.15) is 17.5 Å². The molecular formula is C16H23ClF3IN4O2S. The van der Waals surface area contributed by atoms with Crippen LogP contribution in [0.5, 0.6) is 0 Å². The van der Waals surface area contributed by atoms with Crippen LogP contribution in [0.2, 0.25) is 5.02 Å². The van der Waals surface area contributed by atoms with Gasteiger partial charge in [-0.05, 0) is 37.5 Å². The van der Waals surface area contributed by atoms with Gasteiger partial charge in [0.25, 0.3) is 0 Å². The maximum Gasteiger partial charge on any atom is 0.511 e. The van der Waals surface area contributed by atoms with Crippen LogP contribution in [0.1, 0.15) is 25.3 Å². The molecule has 1 aromatic carbocycles. The maximum atomic E-state index is 12.6. The van der Waals surface area contributed by atoms with Crippen molar-refractivity contribution in [1.82, 2.24) is 14.9 Å². The summed E-state index contributed by atoms with van der Waals surface area (Å²) in [5, 5.41) is 6.87. The molecule has 2 rings (SSSR count). The molecule has 6 nitrogen and oxygen atoms in total. The van der Waals surface area contributed by atoms with Crippen LogP contribution in [0.15, 0.2) is 29.3 Å². The third-order valence-corrected chi connectivity index (χ3v) is 5.99. The number of nitrogens with zero attached hydrogens (tertiary/aromatic N) is 2. The van der Waals surface area contributed by atoms with E-state index >= 15 is 0 Å². The fraction of sp³-hybridized carbons (Fsp3) is 0.562. The van der Waals surface area contributed by atoms with E-state index in [-0.39, 0.29) is 55.9 Å². The van der Waals surface area contributed by atoms with Gasteiger partial charge in [-0.3, -0.25) is 0 Å². The summed E-state index contributed by atoms with van der Waals surface area (Å²) < 4.78 is 61.3. The van der Waals surface area contributed by atoms with Crippen LogP contribution in [0.25, 0.3) is 0 Å². The number of sulfonamides is 1. The third-order valence-electron chi connectivity index (χ3n) is 4.10. The quantitative estimate of drug-likeness (QED) is 0.333. The van der Waals surface area contributed by atoms with Crippen molar-refractivity contribution in [3.63, 3.8) is 0 Å². The lowest BCUT2D eigenvalue weighted by Gasteiger charge is -2.32. The van der Waals surface area contributed by atoms with Crippen molar-refractivity contribution < 1.29 is 21.6 Å². The summed E-state index contributed by atoms with van der Waals surface area (Å²) in [6, 6.07) is 7.09. The molecule has 1 aromatic rings. The van der Waals surface area contributed by atoms with Gasteiger partial charge in [0, 0.05) is 30.7 Å². The largest absolute Gasteiger partial charge is 0.511 e. The van der Waals surface area contributed by atoms with Crippen molar-refractivity contribution in [2.45, 2.75) is 37.9 Å². The molecular weight excluding hydrogens is 532 g/mol. The summed E-state index contributed by atoms with van der Waals surface area (Å²) in [6.07, 6.45) is 0.529. The van der Waals surface area contributed by atoms with Crippen molar-refractivity contribution in [3.8, 4) is 0 Å². The number of benzene rings is 1. The first kappa shape index (κ1) is 25.2. The van der Waals surface area contributed by atoms with Gasteiger partial charge in [0.05, 0.1) is 6.54 Å². The lowest BCUT2D eigenvalue weighted by molar-refractivity contribution is -0.0494. The van der Waals surface area contributed by atoms with E-state index in [1.807, 2.05) is 19.1 Å². The number of alkyl halides is 3. The lowest BCUT2D eigenvalue weighted by Crippen LogP contribution is -2.51. The second kappa shape index (κ2) is 10.8. The van der Waals surface area contributed by atoms with Gasteiger partial charge < -0.3 is 10.6 Å². The monoisotopic (exact) mass is 554 g/mol. The molecule has 0 amide bonds. The molecule has 2 N–H and O–H groups in total. The number of aliphatic imine (C=N–C) groups is 1. The summed E-state index contributed by atoms with van der Waals surface area (Å²) in [6.45, 7) is 2.56. The lowest BCUT2D eigenvalue weighted by atomic mass is 10.1. The number of halogens is 5. The molecule has 0 aromatic heterocycles. The highest BCUT2D eigenvalue weighted by Crippen LogP contribution is 2.28. The smallest absolute Gasteiger partial charge is 0.357 e.